The van der Waals surface area contributed by atoms with Crippen LogP contribution < -0.4 is 9.47 Å². The molecule has 5 heterocycles. The zero-order chi connectivity index (χ0) is 23.5. The number of H-pyrrole nitrogens is 1. The summed E-state index contributed by atoms with van der Waals surface area (Å²) in [6, 6.07) is 16.6. The van der Waals surface area contributed by atoms with Gasteiger partial charge in [0.1, 0.15) is 12.6 Å². The molecule has 2 atom stereocenters. The Bertz CT molecular complexity index is 1480. The van der Waals surface area contributed by atoms with Gasteiger partial charge in [-0.05, 0) is 41.0 Å². The van der Waals surface area contributed by atoms with E-state index in [0.717, 1.165) is 33.3 Å². The van der Waals surface area contributed by atoms with E-state index in [-0.39, 0.29) is 25.2 Å². The molecule has 3 aliphatic rings. The van der Waals surface area contributed by atoms with Gasteiger partial charge in [0.15, 0.2) is 11.5 Å². The number of piperazine rings is 1. The van der Waals surface area contributed by atoms with Crippen LogP contribution in [0, 0.1) is 0 Å². The van der Waals surface area contributed by atoms with E-state index in [1.807, 2.05) is 48.5 Å². The first kappa shape index (κ1) is 20.1. The van der Waals surface area contributed by atoms with Crippen LogP contribution in [0.1, 0.15) is 28.4 Å². The third-order valence-corrected chi connectivity index (χ3v) is 7.15. The molecule has 0 aliphatic carbocycles. The predicted molar refractivity (Wildman–Crippen MR) is 127 cm³/mol. The van der Waals surface area contributed by atoms with E-state index >= 15 is 0 Å². The Hall–Kier alpha value is -4.33. The number of rotatable bonds is 3. The molecule has 7 rings (SSSR count). The van der Waals surface area contributed by atoms with Crippen molar-refractivity contribution >= 4 is 22.7 Å². The summed E-state index contributed by atoms with van der Waals surface area (Å²) in [6.07, 6.45) is 3.90. The fourth-order valence-corrected chi connectivity index (χ4v) is 5.60. The maximum atomic E-state index is 13.8. The van der Waals surface area contributed by atoms with Gasteiger partial charge in [-0.25, -0.2) is 0 Å². The summed E-state index contributed by atoms with van der Waals surface area (Å²) < 4.78 is 11.1. The smallest absolute Gasteiger partial charge is 0.246 e. The lowest BCUT2D eigenvalue weighted by atomic mass is 9.86. The molecule has 0 saturated carbocycles. The highest BCUT2D eigenvalue weighted by Gasteiger charge is 2.48. The van der Waals surface area contributed by atoms with Gasteiger partial charge in [-0.3, -0.25) is 14.6 Å². The van der Waals surface area contributed by atoms with Crippen molar-refractivity contribution < 1.29 is 19.1 Å². The number of nitrogens with zero attached hydrogens (tertiary/aromatic N) is 3. The van der Waals surface area contributed by atoms with Crippen molar-refractivity contribution in [1.29, 1.82) is 0 Å². The van der Waals surface area contributed by atoms with Crippen LogP contribution in [0.25, 0.3) is 10.9 Å². The Morgan fingerprint density at radius 3 is 2.80 bits per heavy atom. The lowest BCUT2D eigenvalue weighted by molar-refractivity contribution is -0.159. The van der Waals surface area contributed by atoms with E-state index in [4.69, 9.17) is 9.47 Å². The maximum Gasteiger partial charge on any atom is 0.246 e. The molecule has 174 valence electrons. The molecule has 35 heavy (non-hydrogen) atoms. The largest absolute Gasteiger partial charge is 0.454 e. The van der Waals surface area contributed by atoms with E-state index in [1.54, 1.807) is 22.2 Å². The summed E-state index contributed by atoms with van der Waals surface area (Å²) in [5.74, 6) is 1.21. The first-order valence-corrected chi connectivity index (χ1v) is 11.7. The van der Waals surface area contributed by atoms with Gasteiger partial charge in [-0.1, -0.05) is 30.3 Å². The van der Waals surface area contributed by atoms with Crippen LogP contribution in [-0.2, 0) is 22.6 Å². The third-order valence-electron chi connectivity index (χ3n) is 7.15. The number of ether oxygens (including phenoxy) is 2. The SMILES string of the molecule is O=C1C2Cc3c([nH]c4ccccc34)C(c3ccc4c(c3)OCO4)N2C(=O)CN1Cc1cccnc1. The first-order valence-electron chi connectivity index (χ1n) is 11.7. The number of benzene rings is 2. The highest BCUT2D eigenvalue weighted by molar-refractivity contribution is 5.97. The number of pyridine rings is 1. The fourth-order valence-electron chi connectivity index (χ4n) is 5.60. The van der Waals surface area contributed by atoms with Crippen LogP contribution >= 0.6 is 0 Å². The van der Waals surface area contributed by atoms with Crippen molar-refractivity contribution in [1.82, 2.24) is 19.8 Å². The van der Waals surface area contributed by atoms with Crippen molar-refractivity contribution in [2.24, 2.45) is 0 Å². The second-order valence-corrected chi connectivity index (χ2v) is 9.15. The molecule has 2 aromatic carbocycles. The minimum atomic E-state index is -0.588. The van der Waals surface area contributed by atoms with Crippen molar-refractivity contribution in [3.8, 4) is 11.5 Å². The first-order chi connectivity index (χ1) is 17.2. The van der Waals surface area contributed by atoms with Crippen molar-refractivity contribution in [2.45, 2.75) is 25.0 Å². The molecule has 0 bridgehead atoms. The van der Waals surface area contributed by atoms with Gasteiger partial charge in [0.05, 0.1) is 6.04 Å². The number of carbonyl (C=O) groups excluding carboxylic acids is 2. The van der Waals surface area contributed by atoms with Crippen LogP contribution in [0.3, 0.4) is 0 Å². The molecule has 1 N–H and O–H groups in total. The quantitative estimate of drug-likeness (QED) is 0.501. The second-order valence-electron chi connectivity index (χ2n) is 9.15. The molecule has 8 heteroatoms. The molecule has 0 radical (unpaired) electrons. The van der Waals surface area contributed by atoms with Gasteiger partial charge in [-0.15, -0.1) is 0 Å². The van der Waals surface area contributed by atoms with Crippen LogP contribution in [-0.4, -0.2) is 51.0 Å². The highest BCUT2D eigenvalue weighted by atomic mass is 16.7. The Morgan fingerprint density at radius 2 is 1.91 bits per heavy atom. The highest BCUT2D eigenvalue weighted by Crippen LogP contribution is 2.45. The van der Waals surface area contributed by atoms with Gasteiger partial charge in [0.25, 0.3) is 0 Å². The Balaban J connectivity index is 1.35. The predicted octanol–water partition coefficient (Wildman–Crippen LogP) is 3.18. The van der Waals surface area contributed by atoms with E-state index in [2.05, 4.69) is 16.0 Å². The second kappa shape index (κ2) is 7.59. The third kappa shape index (κ3) is 3.10. The number of hydrogen-bond donors (Lipinski definition) is 1. The summed E-state index contributed by atoms with van der Waals surface area (Å²) in [7, 11) is 0. The maximum absolute atomic E-state index is 13.8. The van der Waals surface area contributed by atoms with Gasteiger partial charge in [0.2, 0.25) is 18.6 Å². The van der Waals surface area contributed by atoms with Crippen molar-refractivity contribution in [3.63, 3.8) is 0 Å². The number of para-hydroxylation sites is 1. The molecule has 2 aromatic heterocycles. The molecule has 2 amide bonds. The zero-order valence-corrected chi connectivity index (χ0v) is 18.8. The molecular formula is C27H22N4O4. The lowest BCUT2D eigenvalue weighted by Crippen LogP contribution is -2.62. The molecule has 8 nitrogen and oxygen atoms in total. The van der Waals surface area contributed by atoms with Crippen LogP contribution in [0.15, 0.2) is 67.0 Å². The number of aromatic nitrogens is 2. The molecule has 4 aromatic rings. The number of amides is 2. The summed E-state index contributed by atoms with van der Waals surface area (Å²) in [5, 5.41) is 1.08. The number of nitrogens with one attached hydrogen (secondary N) is 1. The van der Waals surface area contributed by atoms with Gasteiger partial charge in [-0.2, -0.15) is 0 Å². The normalized spacial score (nSPS) is 20.8. The minimum Gasteiger partial charge on any atom is -0.454 e. The van der Waals surface area contributed by atoms with E-state index in [1.165, 1.54) is 0 Å². The Kier molecular flexibility index (Phi) is 4.36. The number of aromatic amines is 1. The molecular weight excluding hydrogens is 444 g/mol. The standard InChI is InChI=1S/C27H22N4O4/c32-24-14-30(13-16-4-3-9-28-12-16)27(33)21-11-19-18-5-1-2-6-20(18)29-25(19)26(31(21)24)17-7-8-22-23(10-17)35-15-34-22/h1-10,12,21,26,29H,11,13-15H2. The summed E-state index contributed by atoms with van der Waals surface area (Å²) in [6.45, 7) is 0.563. The van der Waals surface area contributed by atoms with Crippen LogP contribution in [0.5, 0.6) is 11.5 Å². The average Bonchev–Trinajstić information content (AvgIpc) is 3.50. The van der Waals surface area contributed by atoms with Gasteiger partial charge < -0.3 is 24.3 Å². The number of fused-ring (bicyclic) bond motifs is 5. The zero-order valence-electron chi connectivity index (χ0n) is 18.8. The average molecular weight is 466 g/mol. The van der Waals surface area contributed by atoms with E-state index < -0.39 is 12.1 Å². The van der Waals surface area contributed by atoms with Crippen molar-refractivity contribution in [2.75, 3.05) is 13.3 Å². The Labute approximate surface area is 201 Å². The van der Waals surface area contributed by atoms with Gasteiger partial charge in [0, 0.05) is 42.0 Å². The molecule has 0 spiro atoms. The number of hydrogen-bond acceptors (Lipinski definition) is 5. The summed E-state index contributed by atoms with van der Waals surface area (Å²) in [4.78, 5) is 38.6. The van der Waals surface area contributed by atoms with Gasteiger partial charge >= 0.3 is 0 Å². The molecule has 1 fully saturated rings. The van der Waals surface area contributed by atoms with Crippen LogP contribution in [0.2, 0.25) is 0 Å². The molecule has 3 aliphatic heterocycles. The fraction of sp³-hybridized carbons (Fsp3) is 0.222. The number of carbonyl (C=O) groups is 2. The minimum absolute atomic E-state index is 0.0286. The molecule has 1 saturated heterocycles. The van der Waals surface area contributed by atoms with Crippen molar-refractivity contribution in [3.05, 3.63) is 89.4 Å². The summed E-state index contributed by atoms with van der Waals surface area (Å²) >= 11 is 0. The summed E-state index contributed by atoms with van der Waals surface area (Å²) in [5.41, 5.74) is 4.80. The van der Waals surface area contributed by atoms with Crippen LogP contribution in [0.4, 0.5) is 0 Å². The monoisotopic (exact) mass is 466 g/mol. The van der Waals surface area contributed by atoms with E-state index in [0.29, 0.717) is 24.5 Å². The lowest BCUT2D eigenvalue weighted by Gasteiger charge is -2.47. The van der Waals surface area contributed by atoms with E-state index in [9.17, 15) is 9.59 Å². The molecule has 2 unspecified atom stereocenters. The topological polar surface area (TPSA) is 87.8 Å². The Morgan fingerprint density at radius 1 is 1.03 bits per heavy atom.